The number of carboxylic acid groups (broad SMARTS) is 1. The lowest BCUT2D eigenvalue weighted by atomic mass is 10.1. The number of carbonyl (C=O) groups is 2. The number of rotatable bonds is 4. The highest BCUT2D eigenvalue weighted by atomic mass is 16.5. The van der Waals surface area contributed by atoms with Gasteiger partial charge in [0.15, 0.2) is 0 Å². The van der Waals surface area contributed by atoms with E-state index < -0.39 is 5.97 Å². The summed E-state index contributed by atoms with van der Waals surface area (Å²) in [7, 11) is 0. The van der Waals surface area contributed by atoms with E-state index in [4.69, 9.17) is 14.6 Å². The molecule has 0 aromatic carbocycles. The number of allylic oxidation sites excluding steroid dienone is 1. The van der Waals surface area contributed by atoms with Crippen molar-refractivity contribution < 1.29 is 19.4 Å². The van der Waals surface area contributed by atoms with Crippen LogP contribution in [-0.2, 0) is 14.3 Å². The molecular weight excluding hydrogens is 196 g/mol. The van der Waals surface area contributed by atoms with E-state index in [-0.39, 0.29) is 5.97 Å². The van der Waals surface area contributed by atoms with Crippen LogP contribution in [0.1, 0.15) is 34.1 Å². The summed E-state index contributed by atoms with van der Waals surface area (Å²) in [5.41, 5.74) is 0. The van der Waals surface area contributed by atoms with Crippen LogP contribution in [0.4, 0.5) is 0 Å². The van der Waals surface area contributed by atoms with Crippen LogP contribution in [0.3, 0.4) is 0 Å². The van der Waals surface area contributed by atoms with Crippen LogP contribution in [-0.4, -0.2) is 23.7 Å². The van der Waals surface area contributed by atoms with Crippen LogP contribution >= 0.6 is 0 Å². The van der Waals surface area contributed by atoms with Crippen LogP contribution in [0, 0.1) is 5.92 Å². The second kappa shape index (κ2) is 10.8. The molecule has 0 aromatic heterocycles. The lowest BCUT2D eigenvalue weighted by Gasteiger charge is -2.06. The largest absolute Gasteiger partial charge is 0.481 e. The highest BCUT2D eigenvalue weighted by molar-refractivity contribution is 5.81. The first kappa shape index (κ1) is 16.1. The van der Waals surface area contributed by atoms with Crippen molar-refractivity contribution in [1.82, 2.24) is 0 Å². The molecule has 1 unspecified atom stereocenters. The average molecular weight is 216 g/mol. The van der Waals surface area contributed by atoms with E-state index in [9.17, 15) is 4.79 Å². The summed E-state index contributed by atoms with van der Waals surface area (Å²) < 4.78 is 4.91. The maximum Gasteiger partial charge on any atom is 0.330 e. The molecule has 0 saturated carbocycles. The molecular formula is C11H20O4. The van der Waals surface area contributed by atoms with Crippen molar-refractivity contribution in [2.45, 2.75) is 34.1 Å². The van der Waals surface area contributed by atoms with Crippen LogP contribution in [0.15, 0.2) is 12.2 Å². The van der Waals surface area contributed by atoms with Gasteiger partial charge in [0.2, 0.25) is 0 Å². The van der Waals surface area contributed by atoms with Crippen molar-refractivity contribution in [1.29, 1.82) is 0 Å². The third-order valence-electron chi connectivity index (χ3n) is 1.51. The van der Waals surface area contributed by atoms with E-state index in [1.54, 1.807) is 13.0 Å². The Bertz CT molecular complexity index is 205. The van der Waals surface area contributed by atoms with Gasteiger partial charge in [-0.15, -0.1) is 0 Å². The number of hydrogen-bond acceptors (Lipinski definition) is 3. The van der Waals surface area contributed by atoms with Gasteiger partial charge in [0.25, 0.3) is 5.97 Å². The Morgan fingerprint density at radius 2 is 1.93 bits per heavy atom. The summed E-state index contributed by atoms with van der Waals surface area (Å²) in [6, 6.07) is 0. The molecule has 0 aliphatic heterocycles. The van der Waals surface area contributed by atoms with Gasteiger partial charge < -0.3 is 9.84 Å². The van der Waals surface area contributed by atoms with E-state index in [2.05, 4.69) is 13.8 Å². The number of aliphatic carboxylic acids is 1. The van der Waals surface area contributed by atoms with Crippen molar-refractivity contribution in [2.75, 3.05) is 6.61 Å². The number of ether oxygens (including phenoxy) is 1. The number of hydrogen-bond donors (Lipinski definition) is 1. The second-order valence-corrected chi connectivity index (χ2v) is 3.16. The van der Waals surface area contributed by atoms with Gasteiger partial charge in [-0.05, 0) is 12.8 Å². The van der Waals surface area contributed by atoms with E-state index in [0.717, 1.165) is 13.3 Å². The first-order chi connectivity index (χ1) is 6.93. The number of esters is 1. The Labute approximate surface area is 90.9 Å². The zero-order valence-corrected chi connectivity index (χ0v) is 9.82. The summed E-state index contributed by atoms with van der Waals surface area (Å²) in [6.45, 7) is 7.54. The van der Waals surface area contributed by atoms with Crippen molar-refractivity contribution >= 4 is 11.9 Å². The molecule has 15 heavy (non-hydrogen) atoms. The van der Waals surface area contributed by atoms with E-state index in [1.165, 1.54) is 6.08 Å². The lowest BCUT2D eigenvalue weighted by molar-refractivity contribution is -0.139. The first-order valence-corrected chi connectivity index (χ1v) is 4.92. The Morgan fingerprint density at radius 1 is 1.47 bits per heavy atom. The fourth-order valence-electron chi connectivity index (χ4n) is 0.526. The fourth-order valence-corrected chi connectivity index (χ4v) is 0.526. The zero-order valence-electron chi connectivity index (χ0n) is 9.82. The monoisotopic (exact) mass is 216 g/mol. The van der Waals surface area contributed by atoms with Gasteiger partial charge in [-0.3, -0.25) is 4.79 Å². The molecule has 0 bridgehead atoms. The summed E-state index contributed by atoms with van der Waals surface area (Å²) in [6.07, 6.45) is 4.16. The van der Waals surface area contributed by atoms with Crippen LogP contribution in [0.5, 0.6) is 0 Å². The normalized spacial score (nSPS) is 11.5. The quantitative estimate of drug-likeness (QED) is 0.578. The van der Waals surface area contributed by atoms with Gasteiger partial charge in [0.05, 0.1) is 6.61 Å². The summed E-state index contributed by atoms with van der Waals surface area (Å²) in [5, 5.41) is 7.42. The molecule has 0 saturated heterocycles. The predicted molar refractivity (Wildman–Crippen MR) is 58.5 cm³/mol. The van der Waals surface area contributed by atoms with Crippen molar-refractivity contribution in [2.24, 2.45) is 5.92 Å². The standard InChI is InChI=1S/C9H16O2.C2H4O2/c1-4-6-9(10)11-7-8(3)5-2;1-2(3)4/h4,6,8H,5,7H2,1-3H3;1H3,(H,3,4). The molecule has 0 radical (unpaired) electrons. The van der Waals surface area contributed by atoms with Crippen LogP contribution < -0.4 is 0 Å². The molecule has 1 atom stereocenters. The Kier molecular flexibility index (Phi) is 11.6. The van der Waals surface area contributed by atoms with Crippen LogP contribution in [0.25, 0.3) is 0 Å². The molecule has 4 heteroatoms. The maximum absolute atomic E-state index is 10.8. The molecule has 0 spiro atoms. The topological polar surface area (TPSA) is 63.6 Å². The molecule has 0 aliphatic rings. The van der Waals surface area contributed by atoms with E-state index >= 15 is 0 Å². The van der Waals surface area contributed by atoms with Crippen LogP contribution in [0.2, 0.25) is 0 Å². The second-order valence-electron chi connectivity index (χ2n) is 3.16. The predicted octanol–water partition coefficient (Wildman–Crippen LogP) is 2.24. The molecule has 0 rings (SSSR count). The van der Waals surface area contributed by atoms with Gasteiger partial charge >= 0.3 is 5.97 Å². The molecule has 0 amide bonds. The fraction of sp³-hybridized carbons (Fsp3) is 0.636. The highest BCUT2D eigenvalue weighted by Crippen LogP contribution is 2.00. The molecule has 88 valence electrons. The summed E-state index contributed by atoms with van der Waals surface area (Å²) in [4.78, 5) is 19.8. The molecule has 0 heterocycles. The summed E-state index contributed by atoms with van der Waals surface area (Å²) >= 11 is 0. The first-order valence-electron chi connectivity index (χ1n) is 4.92. The molecule has 4 nitrogen and oxygen atoms in total. The Hall–Kier alpha value is -1.32. The third-order valence-corrected chi connectivity index (χ3v) is 1.51. The van der Waals surface area contributed by atoms with Crippen molar-refractivity contribution in [3.8, 4) is 0 Å². The van der Waals surface area contributed by atoms with Crippen molar-refractivity contribution in [3.63, 3.8) is 0 Å². The number of carbonyl (C=O) groups excluding carboxylic acids is 1. The third kappa shape index (κ3) is 19.2. The average Bonchev–Trinajstić information content (AvgIpc) is 2.14. The Morgan fingerprint density at radius 3 is 2.27 bits per heavy atom. The van der Waals surface area contributed by atoms with E-state index in [1.807, 2.05) is 0 Å². The SMILES string of the molecule is CC(=O)O.CC=CC(=O)OCC(C)CC. The zero-order chi connectivity index (χ0) is 12.3. The molecule has 0 fully saturated rings. The molecule has 1 N–H and O–H groups in total. The minimum atomic E-state index is -0.833. The van der Waals surface area contributed by atoms with Gasteiger partial charge in [0.1, 0.15) is 0 Å². The Balaban J connectivity index is 0. The van der Waals surface area contributed by atoms with Gasteiger partial charge in [-0.1, -0.05) is 26.3 Å². The molecule has 0 aliphatic carbocycles. The molecule has 0 aromatic rings. The van der Waals surface area contributed by atoms with Gasteiger partial charge in [-0.2, -0.15) is 0 Å². The summed E-state index contributed by atoms with van der Waals surface area (Å²) in [5.74, 6) is -0.614. The number of carboxylic acids is 1. The lowest BCUT2D eigenvalue weighted by Crippen LogP contribution is -2.08. The smallest absolute Gasteiger partial charge is 0.330 e. The minimum Gasteiger partial charge on any atom is -0.481 e. The van der Waals surface area contributed by atoms with Gasteiger partial charge in [-0.25, -0.2) is 4.79 Å². The van der Waals surface area contributed by atoms with E-state index in [0.29, 0.717) is 12.5 Å². The maximum atomic E-state index is 10.8. The van der Waals surface area contributed by atoms with Gasteiger partial charge in [0, 0.05) is 13.0 Å². The van der Waals surface area contributed by atoms with Crippen molar-refractivity contribution in [3.05, 3.63) is 12.2 Å². The minimum absolute atomic E-state index is 0.243. The highest BCUT2D eigenvalue weighted by Gasteiger charge is 2.01.